The minimum absolute atomic E-state index is 0.0471. The Hall–Kier alpha value is -1.70. The van der Waals surface area contributed by atoms with Gasteiger partial charge < -0.3 is 4.74 Å². The lowest BCUT2D eigenvalue weighted by Crippen LogP contribution is -2.38. The maximum absolute atomic E-state index is 14.2. The van der Waals surface area contributed by atoms with E-state index in [2.05, 4.69) is 4.40 Å². The number of hydrogen-bond donors (Lipinski definition) is 0. The summed E-state index contributed by atoms with van der Waals surface area (Å²) in [6.07, 6.45) is -3.29. The van der Waals surface area contributed by atoms with Crippen LogP contribution >= 0.6 is 35.1 Å². The van der Waals surface area contributed by atoms with Crippen molar-refractivity contribution in [3.05, 3.63) is 68.7 Å². The first-order chi connectivity index (χ1) is 14.6. The van der Waals surface area contributed by atoms with Gasteiger partial charge in [-0.2, -0.15) is 13.2 Å². The van der Waals surface area contributed by atoms with Crippen molar-refractivity contribution in [2.24, 2.45) is 4.40 Å². The zero-order valence-electron chi connectivity index (χ0n) is 16.9. The predicted octanol–water partition coefficient (Wildman–Crippen LogP) is 7.56. The second kappa shape index (κ2) is 9.43. The van der Waals surface area contributed by atoms with Gasteiger partial charge in [-0.15, -0.1) is 0 Å². The standard InChI is InChI=1S/C22H20Cl2F3NO2S/c1-3-4-7-30-20(29)18-6-5-14(8-13(18)2)19-12-21(31-28-19,22(25,26)27)15-9-16(23)11-17(24)10-15/h5-6,8-11H,3-4,7,12H2,1-2H3. The molecule has 0 N–H and O–H groups in total. The Balaban J connectivity index is 1.88. The van der Waals surface area contributed by atoms with Gasteiger partial charge in [-0.25, -0.2) is 9.19 Å². The molecule has 0 fully saturated rings. The molecule has 9 heteroatoms. The van der Waals surface area contributed by atoms with Crippen molar-refractivity contribution in [1.82, 2.24) is 0 Å². The summed E-state index contributed by atoms with van der Waals surface area (Å²) in [6, 6.07) is 8.75. The van der Waals surface area contributed by atoms with Crippen LogP contribution in [0.5, 0.6) is 0 Å². The van der Waals surface area contributed by atoms with Crippen LogP contribution in [-0.4, -0.2) is 24.5 Å². The molecule has 1 unspecified atom stereocenters. The first-order valence-electron chi connectivity index (χ1n) is 9.64. The number of halogens is 5. The molecule has 0 bridgehead atoms. The largest absolute Gasteiger partial charge is 0.462 e. The summed E-state index contributed by atoms with van der Waals surface area (Å²) in [7, 11) is 0. The van der Waals surface area contributed by atoms with Crippen molar-refractivity contribution in [2.75, 3.05) is 6.61 Å². The summed E-state index contributed by atoms with van der Waals surface area (Å²) in [4.78, 5) is 12.2. The van der Waals surface area contributed by atoms with Crippen LogP contribution in [0.2, 0.25) is 10.0 Å². The molecule has 1 aliphatic rings. The van der Waals surface area contributed by atoms with Gasteiger partial charge >= 0.3 is 12.1 Å². The molecule has 0 radical (unpaired) electrons. The predicted molar refractivity (Wildman–Crippen MR) is 119 cm³/mol. The molecule has 3 nitrogen and oxygen atoms in total. The molecular weight excluding hydrogens is 470 g/mol. The summed E-state index contributed by atoms with van der Waals surface area (Å²) in [5, 5.41) is 0.254. The van der Waals surface area contributed by atoms with Crippen molar-refractivity contribution in [3.63, 3.8) is 0 Å². The zero-order valence-corrected chi connectivity index (χ0v) is 19.2. The molecule has 166 valence electrons. The third kappa shape index (κ3) is 5.04. The van der Waals surface area contributed by atoms with Gasteiger partial charge in [0.15, 0.2) is 4.75 Å². The highest BCUT2D eigenvalue weighted by atomic mass is 35.5. The molecule has 2 aromatic carbocycles. The molecule has 0 amide bonds. The van der Waals surface area contributed by atoms with Crippen LogP contribution in [0.25, 0.3) is 0 Å². The maximum atomic E-state index is 14.2. The van der Waals surface area contributed by atoms with Gasteiger partial charge in [0.25, 0.3) is 0 Å². The molecule has 2 aromatic rings. The summed E-state index contributed by atoms with van der Waals surface area (Å²) >= 11 is 12.4. The van der Waals surface area contributed by atoms with Gasteiger partial charge in [0.2, 0.25) is 0 Å². The van der Waals surface area contributed by atoms with Crippen LogP contribution in [0.4, 0.5) is 13.2 Å². The number of unbranched alkanes of at least 4 members (excludes halogenated alkanes) is 1. The zero-order chi connectivity index (χ0) is 22.8. The second-order valence-corrected chi connectivity index (χ2v) is 9.24. The topological polar surface area (TPSA) is 38.7 Å². The molecule has 0 spiro atoms. The molecule has 31 heavy (non-hydrogen) atoms. The normalized spacial score (nSPS) is 18.7. The van der Waals surface area contributed by atoms with Crippen LogP contribution in [-0.2, 0) is 9.48 Å². The first-order valence-corrected chi connectivity index (χ1v) is 11.2. The van der Waals surface area contributed by atoms with Gasteiger partial charge in [-0.1, -0.05) is 42.6 Å². The Kier molecular flexibility index (Phi) is 7.28. The molecule has 0 aliphatic carbocycles. The van der Waals surface area contributed by atoms with Crippen LogP contribution in [0.1, 0.15) is 53.2 Å². The van der Waals surface area contributed by atoms with Gasteiger partial charge in [0, 0.05) is 16.5 Å². The highest BCUT2D eigenvalue weighted by Gasteiger charge is 2.60. The average molecular weight is 490 g/mol. The van der Waals surface area contributed by atoms with E-state index < -0.39 is 16.9 Å². The minimum Gasteiger partial charge on any atom is -0.462 e. The number of benzene rings is 2. The Morgan fingerprint density at radius 2 is 1.87 bits per heavy atom. The number of rotatable bonds is 6. The van der Waals surface area contributed by atoms with E-state index in [0.29, 0.717) is 35.2 Å². The van der Waals surface area contributed by atoms with Crippen LogP contribution in [0, 0.1) is 6.92 Å². The van der Waals surface area contributed by atoms with Crippen molar-refractivity contribution in [2.45, 2.75) is 44.0 Å². The molecule has 0 saturated carbocycles. The Labute approximate surface area is 193 Å². The number of hydrogen-bond acceptors (Lipinski definition) is 4. The number of alkyl halides is 3. The number of carbonyl (C=O) groups is 1. The van der Waals surface area contributed by atoms with Crippen LogP contribution in [0.15, 0.2) is 40.8 Å². The Morgan fingerprint density at radius 1 is 1.19 bits per heavy atom. The van der Waals surface area contributed by atoms with E-state index in [9.17, 15) is 18.0 Å². The highest BCUT2D eigenvalue weighted by Crippen LogP contribution is 2.57. The molecular formula is C22H20Cl2F3NO2S. The van der Waals surface area contributed by atoms with Crippen molar-refractivity contribution in [1.29, 1.82) is 0 Å². The van der Waals surface area contributed by atoms with E-state index in [0.717, 1.165) is 12.8 Å². The molecule has 3 rings (SSSR count). The smallest absolute Gasteiger partial charge is 0.409 e. The van der Waals surface area contributed by atoms with E-state index in [1.807, 2.05) is 6.92 Å². The molecule has 1 aliphatic heterocycles. The fourth-order valence-corrected chi connectivity index (χ4v) is 4.79. The summed E-state index contributed by atoms with van der Waals surface area (Å²) in [5.41, 5.74) is 1.76. The minimum atomic E-state index is -4.59. The first kappa shape index (κ1) is 24.0. The molecule has 1 atom stereocenters. The third-order valence-electron chi connectivity index (χ3n) is 5.03. The number of ether oxygens (including phenoxy) is 1. The van der Waals surface area contributed by atoms with Crippen LogP contribution in [0.3, 0.4) is 0 Å². The SMILES string of the molecule is CCCCOC(=O)c1ccc(C2=NSC(c3cc(Cl)cc(Cl)c3)(C(F)(F)F)C2)cc1C. The van der Waals surface area contributed by atoms with E-state index in [1.165, 1.54) is 18.2 Å². The number of aryl methyl sites for hydroxylation is 1. The third-order valence-corrected chi connectivity index (χ3v) is 6.70. The fourth-order valence-electron chi connectivity index (χ4n) is 3.30. The molecule has 1 heterocycles. The van der Waals surface area contributed by atoms with E-state index in [-0.39, 0.29) is 27.7 Å². The van der Waals surface area contributed by atoms with Gasteiger partial charge in [0.05, 0.1) is 17.9 Å². The average Bonchev–Trinajstić information content (AvgIpc) is 3.14. The number of nitrogens with zero attached hydrogens (tertiary/aromatic N) is 1. The summed E-state index contributed by atoms with van der Waals surface area (Å²) in [6.45, 7) is 4.04. The van der Waals surface area contributed by atoms with Crippen molar-refractivity contribution >= 4 is 46.8 Å². The Morgan fingerprint density at radius 3 is 2.45 bits per heavy atom. The lowest BCUT2D eigenvalue weighted by Gasteiger charge is -2.30. The monoisotopic (exact) mass is 489 g/mol. The quantitative estimate of drug-likeness (QED) is 0.238. The van der Waals surface area contributed by atoms with E-state index in [1.54, 1.807) is 25.1 Å². The maximum Gasteiger partial charge on any atom is 0.409 e. The summed E-state index contributed by atoms with van der Waals surface area (Å²) in [5.74, 6) is -0.446. The molecule has 0 aromatic heterocycles. The van der Waals surface area contributed by atoms with E-state index >= 15 is 0 Å². The summed E-state index contributed by atoms with van der Waals surface area (Å²) < 4.78 is 49.7. The van der Waals surface area contributed by atoms with Gasteiger partial charge in [0.1, 0.15) is 0 Å². The van der Waals surface area contributed by atoms with Crippen LogP contribution < -0.4 is 0 Å². The second-order valence-electron chi connectivity index (χ2n) is 7.31. The van der Waals surface area contributed by atoms with Crippen molar-refractivity contribution < 1.29 is 22.7 Å². The molecule has 0 saturated heterocycles. The van der Waals surface area contributed by atoms with Gasteiger partial charge in [-0.3, -0.25) is 0 Å². The lowest BCUT2D eigenvalue weighted by atomic mass is 9.89. The lowest BCUT2D eigenvalue weighted by molar-refractivity contribution is -0.159. The van der Waals surface area contributed by atoms with Crippen molar-refractivity contribution in [3.8, 4) is 0 Å². The van der Waals surface area contributed by atoms with Gasteiger partial charge in [-0.05, 0) is 72.3 Å². The highest BCUT2D eigenvalue weighted by molar-refractivity contribution is 7.99. The fraction of sp³-hybridized carbons (Fsp3) is 0.364. The number of carbonyl (C=O) groups excluding carboxylic acids is 1. The van der Waals surface area contributed by atoms with E-state index in [4.69, 9.17) is 27.9 Å². The Bertz CT molecular complexity index is 1010. The number of esters is 1.